The lowest BCUT2D eigenvalue weighted by Gasteiger charge is -2.12. The summed E-state index contributed by atoms with van der Waals surface area (Å²) in [6, 6.07) is 12.8. The van der Waals surface area contributed by atoms with E-state index < -0.39 is 0 Å². The van der Waals surface area contributed by atoms with Crippen LogP contribution in [0.3, 0.4) is 0 Å². The van der Waals surface area contributed by atoms with Crippen molar-refractivity contribution in [1.82, 2.24) is 14.8 Å². The Kier molecular flexibility index (Phi) is 6.44. The van der Waals surface area contributed by atoms with Gasteiger partial charge in [0.25, 0.3) is 5.91 Å². The van der Waals surface area contributed by atoms with Crippen LogP contribution in [0.1, 0.15) is 28.4 Å². The standard InChI is InChI=1S/C25H25N5O4/c1-15-5-8-21(28-16(2)31)22(9-15)29-25(32)19-10-18-13-27-30(24(18)26-12-19)14-17-6-7-20(33-3)11-23(17)34-4/h5-13H,14H2,1-4H3,(H,28,31)(H,29,32). The highest BCUT2D eigenvalue weighted by atomic mass is 16.5. The van der Waals surface area contributed by atoms with Gasteiger partial charge in [-0.25, -0.2) is 9.67 Å². The third kappa shape index (κ3) is 4.83. The van der Waals surface area contributed by atoms with Gasteiger partial charge in [-0.2, -0.15) is 5.10 Å². The lowest BCUT2D eigenvalue weighted by atomic mass is 10.1. The van der Waals surface area contributed by atoms with E-state index in [4.69, 9.17) is 9.47 Å². The van der Waals surface area contributed by atoms with E-state index in [1.807, 2.05) is 31.2 Å². The van der Waals surface area contributed by atoms with Crippen LogP contribution in [0, 0.1) is 6.92 Å². The molecule has 0 atom stereocenters. The van der Waals surface area contributed by atoms with Gasteiger partial charge in [0.15, 0.2) is 5.65 Å². The molecule has 0 radical (unpaired) electrons. The van der Waals surface area contributed by atoms with Gasteiger partial charge in [0.2, 0.25) is 5.91 Å². The molecule has 0 saturated carbocycles. The first-order valence-corrected chi connectivity index (χ1v) is 10.6. The summed E-state index contributed by atoms with van der Waals surface area (Å²) in [6.07, 6.45) is 3.18. The molecule has 0 aliphatic rings. The lowest BCUT2D eigenvalue weighted by Crippen LogP contribution is -2.15. The Morgan fingerprint density at radius 3 is 2.53 bits per heavy atom. The molecule has 4 rings (SSSR count). The van der Waals surface area contributed by atoms with Crippen molar-refractivity contribution in [3.05, 3.63) is 71.5 Å². The van der Waals surface area contributed by atoms with Crippen LogP contribution < -0.4 is 20.1 Å². The number of anilines is 2. The van der Waals surface area contributed by atoms with Crippen LogP contribution >= 0.6 is 0 Å². The van der Waals surface area contributed by atoms with Crippen LogP contribution in [0.4, 0.5) is 11.4 Å². The molecule has 0 saturated heterocycles. The zero-order chi connectivity index (χ0) is 24.2. The maximum absolute atomic E-state index is 12.9. The summed E-state index contributed by atoms with van der Waals surface area (Å²) in [5.41, 5.74) is 3.94. The molecule has 9 heteroatoms. The average molecular weight is 460 g/mol. The predicted molar refractivity (Wildman–Crippen MR) is 130 cm³/mol. The van der Waals surface area contributed by atoms with E-state index in [0.717, 1.165) is 16.5 Å². The van der Waals surface area contributed by atoms with Crippen LogP contribution in [0.2, 0.25) is 0 Å². The Bertz CT molecular complexity index is 1380. The highest BCUT2D eigenvalue weighted by Gasteiger charge is 2.14. The Morgan fingerprint density at radius 1 is 0.971 bits per heavy atom. The second kappa shape index (κ2) is 9.62. The van der Waals surface area contributed by atoms with Crippen molar-refractivity contribution in [2.75, 3.05) is 24.9 Å². The van der Waals surface area contributed by atoms with Gasteiger partial charge in [0.1, 0.15) is 11.5 Å². The fourth-order valence-corrected chi connectivity index (χ4v) is 3.61. The van der Waals surface area contributed by atoms with Gasteiger partial charge < -0.3 is 20.1 Å². The van der Waals surface area contributed by atoms with Crippen molar-refractivity contribution in [2.24, 2.45) is 0 Å². The number of carbonyl (C=O) groups excluding carboxylic acids is 2. The summed E-state index contributed by atoms with van der Waals surface area (Å²) in [5, 5.41) is 10.8. The number of fused-ring (bicyclic) bond motifs is 1. The molecular formula is C25H25N5O4. The number of amides is 2. The van der Waals surface area contributed by atoms with Gasteiger partial charge in [0, 0.05) is 30.1 Å². The van der Waals surface area contributed by atoms with Gasteiger partial charge in [-0.3, -0.25) is 9.59 Å². The zero-order valence-electron chi connectivity index (χ0n) is 19.4. The zero-order valence-corrected chi connectivity index (χ0v) is 19.4. The van der Waals surface area contributed by atoms with E-state index in [0.29, 0.717) is 40.6 Å². The fraction of sp³-hybridized carbons (Fsp3) is 0.200. The Morgan fingerprint density at radius 2 is 1.79 bits per heavy atom. The number of methoxy groups -OCH3 is 2. The van der Waals surface area contributed by atoms with Crippen molar-refractivity contribution < 1.29 is 19.1 Å². The van der Waals surface area contributed by atoms with Gasteiger partial charge in [-0.15, -0.1) is 0 Å². The number of benzene rings is 2. The molecule has 2 aromatic carbocycles. The predicted octanol–water partition coefficient (Wildman–Crippen LogP) is 4.02. The number of ether oxygens (including phenoxy) is 2. The van der Waals surface area contributed by atoms with Crippen LogP contribution in [0.15, 0.2) is 54.9 Å². The molecule has 0 aliphatic heterocycles. The first-order chi connectivity index (χ1) is 16.4. The topological polar surface area (TPSA) is 107 Å². The molecule has 0 unspecified atom stereocenters. The average Bonchev–Trinajstić information content (AvgIpc) is 3.22. The van der Waals surface area contributed by atoms with Gasteiger partial charge in [-0.1, -0.05) is 6.07 Å². The van der Waals surface area contributed by atoms with Crippen molar-refractivity contribution in [3.8, 4) is 11.5 Å². The summed E-state index contributed by atoms with van der Waals surface area (Å²) in [5.74, 6) is 0.835. The van der Waals surface area contributed by atoms with Crippen molar-refractivity contribution >= 4 is 34.2 Å². The number of pyridine rings is 1. The maximum Gasteiger partial charge on any atom is 0.257 e. The number of nitrogens with one attached hydrogen (secondary N) is 2. The van der Waals surface area contributed by atoms with Crippen LogP contribution in [0.5, 0.6) is 11.5 Å². The molecule has 2 heterocycles. The third-order valence-corrected chi connectivity index (χ3v) is 5.29. The minimum atomic E-state index is -0.337. The van der Waals surface area contributed by atoms with Crippen LogP contribution in [0.25, 0.3) is 11.0 Å². The van der Waals surface area contributed by atoms with E-state index in [1.165, 1.54) is 13.1 Å². The number of aryl methyl sites for hydroxylation is 1. The van der Waals surface area contributed by atoms with E-state index in [2.05, 4.69) is 20.7 Å². The van der Waals surface area contributed by atoms with Crippen molar-refractivity contribution in [1.29, 1.82) is 0 Å². The highest BCUT2D eigenvalue weighted by Crippen LogP contribution is 2.27. The number of aromatic nitrogens is 3. The van der Waals surface area contributed by atoms with Crippen LogP contribution in [-0.2, 0) is 11.3 Å². The third-order valence-electron chi connectivity index (χ3n) is 5.29. The molecule has 0 bridgehead atoms. The molecule has 0 fully saturated rings. The highest BCUT2D eigenvalue weighted by molar-refractivity contribution is 6.08. The molecule has 174 valence electrons. The molecule has 2 aromatic heterocycles. The Hall–Kier alpha value is -4.40. The summed E-state index contributed by atoms with van der Waals surface area (Å²) >= 11 is 0. The van der Waals surface area contributed by atoms with Crippen LogP contribution in [-0.4, -0.2) is 40.8 Å². The normalized spacial score (nSPS) is 10.7. The van der Waals surface area contributed by atoms with Gasteiger partial charge in [-0.05, 0) is 42.8 Å². The van der Waals surface area contributed by atoms with Crippen molar-refractivity contribution in [3.63, 3.8) is 0 Å². The maximum atomic E-state index is 12.9. The van der Waals surface area contributed by atoms with E-state index in [-0.39, 0.29) is 11.8 Å². The molecular weight excluding hydrogens is 434 g/mol. The lowest BCUT2D eigenvalue weighted by molar-refractivity contribution is -0.114. The summed E-state index contributed by atoms with van der Waals surface area (Å²) in [7, 11) is 3.21. The number of carbonyl (C=O) groups is 2. The SMILES string of the molecule is COc1ccc(Cn2ncc3cc(C(=O)Nc4cc(C)ccc4NC(C)=O)cnc32)c(OC)c1. The molecule has 4 aromatic rings. The monoisotopic (exact) mass is 459 g/mol. The minimum absolute atomic E-state index is 0.219. The summed E-state index contributed by atoms with van der Waals surface area (Å²) < 4.78 is 12.5. The number of nitrogens with zero attached hydrogens (tertiary/aromatic N) is 3. The molecule has 0 aliphatic carbocycles. The van der Waals surface area contributed by atoms with Crippen molar-refractivity contribution in [2.45, 2.75) is 20.4 Å². The number of rotatable bonds is 7. The Labute approximate surface area is 196 Å². The first-order valence-electron chi connectivity index (χ1n) is 10.6. The largest absolute Gasteiger partial charge is 0.497 e. The molecule has 2 N–H and O–H groups in total. The quantitative estimate of drug-likeness (QED) is 0.432. The smallest absolute Gasteiger partial charge is 0.257 e. The minimum Gasteiger partial charge on any atom is -0.497 e. The first kappa shape index (κ1) is 22.8. The van der Waals surface area contributed by atoms with E-state index in [1.54, 1.807) is 43.3 Å². The fourth-order valence-electron chi connectivity index (χ4n) is 3.61. The van der Waals surface area contributed by atoms with Gasteiger partial charge in [0.05, 0.1) is 43.9 Å². The number of hydrogen-bond donors (Lipinski definition) is 2. The second-order valence-corrected chi connectivity index (χ2v) is 7.80. The molecule has 2 amide bonds. The molecule has 34 heavy (non-hydrogen) atoms. The summed E-state index contributed by atoms with van der Waals surface area (Å²) in [6.45, 7) is 3.77. The van der Waals surface area contributed by atoms with Gasteiger partial charge >= 0.3 is 0 Å². The van der Waals surface area contributed by atoms with E-state index >= 15 is 0 Å². The molecule has 9 nitrogen and oxygen atoms in total. The number of hydrogen-bond acceptors (Lipinski definition) is 6. The molecule has 0 spiro atoms. The summed E-state index contributed by atoms with van der Waals surface area (Å²) in [4.78, 5) is 28.9. The second-order valence-electron chi connectivity index (χ2n) is 7.80. The Balaban J connectivity index is 1.58. The van der Waals surface area contributed by atoms with E-state index in [9.17, 15) is 9.59 Å².